The van der Waals surface area contributed by atoms with Crippen LogP contribution in [0.3, 0.4) is 0 Å². The number of hydrogen-bond acceptors (Lipinski definition) is 9. The van der Waals surface area contributed by atoms with E-state index in [-0.39, 0.29) is 23.9 Å². The molecule has 2 unspecified atom stereocenters. The second-order valence-electron chi connectivity index (χ2n) is 8.96. The number of hydrogen-bond donors (Lipinski definition) is 2. The van der Waals surface area contributed by atoms with Gasteiger partial charge in [0.05, 0.1) is 30.2 Å². The van der Waals surface area contributed by atoms with Crippen molar-refractivity contribution in [1.29, 1.82) is 0 Å². The first kappa shape index (κ1) is 25.5. The summed E-state index contributed by atoms with van der Waals surface area (Å²) in [5.41, 5.74) is 2.38. The molecule has 2 amide bonds. The number of cyclic esters (lactones) is 1. The van der Waals surface area contributed by atoms with Crippen LogP contribution in [0, 0.1) is 5.92 Å². The molecule has 0 spiro atoms. The highest BCUT2D eigenvalue weighted by Crippen LogP contribution is 2.27. The van der Waals surface area contributed by atoms with Crippen molar-refractivity contribution in [3.63, 3.8) is 0 Å². The van der Waals surface area contributed by atoms with Crippen LogP contribution in [0.1, 0.15) is 32.6 Å². The van der Waals surface area contributed by atoms with Gasteiger partial charge < -0.3 is 20.3 Å². The second kappa shape index (κ2) is 11.0. The molecule has 2 atom stereocenters. The summed E-state index contributed by atoms with van der Waals surface area (Å²) < 4.78 is 5.23. The highest BCUT2D eigenvalue weighted by Gasteiger charge is 2.37. The Morgan fingerprint density at radius 1 is 1.14 bits per heavy atom. The Morgan fingerprint density at radius 2 is 1.84 bits per heavy atom. The van der Waals surface area contributed by atoms with Gasteiger partial charge in [0.1, 0.15) is 18.2 Å². The third kappa shape index (κ3) is 5.83. The summed E-state index contributed by atoms with van der Waals surface area (Å²) in [5.74, 6) is 1.37. The van der Waals surface area contributed by atoms with E-state index in [1.807, 2.05) is 57.0 Å². The van der Waals surface area contributed by atoms with E-state index in [0.717, 1.165) is 11.4 Å². The minimum absolute atomic E-state index is 0.0809. The monoisotopic (exact) mass is 502 g/mol. The molecule has 0 radical (unpaired) electrons. The normalized spacial score (nSPS) is 15.8. The molecule has 1 aliphatic rings. The first-order chi connectivity index (χ1) is 17.8. The van der Waals surface area contributed by atoms with Crippen molar-refractivity contribution in [2.45, 2.75) is 32.9 Å². The van der Waals surface area contributed by atoms with Crippen molar-refractivity contribution in [2.75, 3.05) is 34.1 Å². The minimum Gasteiger partial charge on any atom is -0.447 e. The summed E-state index contributed by atoms with van der Waals surface area (Å²) in [7, 11) is 1.91. The fourth-order valence-corrected chi connectivity index (χ4v) is 3.84. The van der Waals surface area contributed by atoms with Crippen molar-refractivity contribution >= 4 is 40.8 Å². The van der Waals surface area contributed by atoms with Crippen LogP contribution in [-0.4, -0.2) is 51.6 Å². The number of benzene rings is 1. The predicted octanol–water partition coefficient (Wildman–Crippen LogP) is 4.31. The lowest BCUT2D eigenvalue weighted by molar-refractivity contribution is -0.111. The van der Waals surface area contributed by atoms with E-state index in [1.54, 1.807) is 29.6 Å². The molecule has 1 fully saturated rings. The van der Waals surface area contributed by atoms with E-state index < -0.39 is 6.09 Å². The number of nitrogens with zero attached hydrogens (tertiary/aromatic N) is 6. The fraction of sp³-hybridized carbons (Fsp3) is 0.308. The average Bonchev–Trinajstić information content (AvgIpc) is 3.30. The highest BCUT2D eigenvalue weighted by molar-refractivity contribution is 5.99. The van der Waals surface area contributed by atoms with Crippen LogP contribution >= 0.6 is 0 Å². The lowest BCUT2D eigenvalue weighted by atomic mass is 10.0. The summed E-state index contributed by atoms with van der Waals surface area (Å²) in [6, 6.07) is 8.74. The summed E-state index contributed by atoms with van der Waals surface area (Å²) in [6.07, 6.45) is 5.89. The molecule has 2 aromatic heterocycles. The minimum atomic E-state index is -0.407. The SMILES string of the molecule is C=CC(=O)Nc1ccc(N(C)c2cnc(C(C)Nc3nccc(N4C(=O)OCC4C(C)C)n3)nc2)cc1. The molecule has 3 aromatic rings. The van der Waals surface area contributed by atoms with Crippen LogP contribution in [0.25, 0.3) is 0 Å². The molecule has 2 N–H and O–H groups in total. The Morgan fingerprint density at radius 3 is 2.49 bits per heavy atom. The first-order valence-electron chi connectivity index (χ1n) is 11.9. The lowest BCUT2D eigenvalue weighted by Crippen LogP contribution is -2.37. The molecule has 1 saturated heterocycles. The number of aromatic nitrogens is 4. The van der Waals surface area contributed by atoms with E-state index in [9.17, 15) is 9.59 Å². The van der Waals surface area contributed by atoms with Crippen molar-refractivity contribution in [3.8, 4) is 0 Å². The van der Waals surface area contributed by atoms with Gasteiger partial charge in [-0.1, -0.05) is 20.4 Å². The zero-order chi connectivity index (χ0) is 26.5. The van der Waals surface area contributed by atoms with Gasteiger partial charge in [-0.15, -0.1) is 0 Å². The third-order valence-electron chi connectivity index (χ3n) is 6.05. The van der Waals surface area contributed by atoms with Crippen molar-refractivity contribution in [3.05, 3.63) is 67.4 Å². The van der Waals surface area contributed by atoms with Crippen LogP contribution < -0.4 is 20.4 Å². The smallest absolute Gasteiger partial charge is 0.415 e. The number of rotatable bonds is 9. The second-order valence-corrected chi connectivity index (χ2v) is 8.96. The number of anilines is 5. The number of ether oxygens (including phenoxy) is 1. The highest BCUT2D eigenvalue weighted by atomic mass is 16.6. The van der Waals surface area contributed by atoms with Gasteiger partial charge in [-0.05, 0) is 49.2 Å². The predicted molar refractivity (Wildman–Crippen MR) is 142 cm³/mol. The molecular weight excluding hydrogens is 472 g/mol. The summed E-state index contributed by atoms with van der Waals surface area (Å²) in [4.78, 5) is 45.1. The van der Waals surface area contributed by atoms with Crippen LogP contribution in [0.15, 0.2) is 61.6 Å². The molecule has 37 heavy (non-hydrogen) atoms. The third-order valence-corrected chi connectivity index (χ3v) is 6.05. The van der Waals surface area contributed by atoms with Crippen molar-refractivity contribution in [2.24, 2.45) is 5.92 Å². The van der Waals surface area contributed by atoms with Gasteiger partial charge in [0.2, 0.25) is 11.9 Å². The van der Waals surface area contributed by atoms with Gasteiger partial charge in [-0.3, -0.25) is 9.69 Å². The molecule has 0 bridgehead atoms. The van der Waals surface area contributed by atoms with Crippen molar-refractivity contribution < 1.29 is 14.3 Å². The van der Waals surface area contributed by atoms with Crippen LogP contribution in [0.5, 0.6) is 0 Å². The molecule has 192 valence electrons. The molecule has 11 nitrogen and oxygen atoms in total. The van der Waals surface area contributed by atoms with Gasteiger partial charge in [0.25, 0.3) is 0 Å². The van der Waals surface area contributed by atoms with Gasteiger partial charge in [0, 0.05) is 24.6 Å². The van der Waals surface area contributed by atoms with E-state index in [4.69, 9.17) is 4.74 Å². The Bertz CT molecular complexity index is 1260. The largest absolute Gasteiger partial charge is 0.447 e. The standard InChI is InChI=1S/C26H30N8O3/c1-6-23(35)31-18-7-9-19(10-8-18)33(5)20-13-28-24(29-14-20)17(4)30-25-27-12-11-22(32-25)34-21(16(2)3)15-37-26(34)36/h6-14,16-17,21H,1,15H2,2-5H3,(H,31,35)(H,27,30,32). The Hall–Kier alpha value is -4.54. The van der Waals surface area contributed by atoms with E-state index in [1.165, 1.54) is 6.08 Å². The van der Waals surface area contributed by atoms with Crippen LogP contribution in [-0.2, 0) is 9.53 Å². The number of carbonyl (C=O) groups is 2. The Kier molecular flexibility index (Phi) is 7.61. The topological polar surface area (TPSA) is 125 Å². The zero-order valence-electron chi connectivity index (χ0n) is 21.3. The Balaban J connectivity index is 1.42. The van der Waals surface area contributed by atoms with Crippen molar-refractivity contribution in [1.82, 2.24) is 19.9 Å². The van der Waals surface area contributed by atoms with Gasteiger partial charge in [-0.2, -0.15) is 4.98 Å². The number of nitrogens with one attached hydrogen (secondary N) is 2. The van der Waals surface area contributed by atoms with E-state index in [0.29, 0.717) is 29.9 Å². The van der Waals surface area contributed by atoms with E-state index in [2.05, 4.69) is 37.1 Å². The summed E-state index contributed by atoms with van der Waals surface area (Å²) in [5, 5.41) is 5.93. The molecular formula is C26H30N8O3. The fourth-order valence-electron chi connectivity index (χ4n) is 3.84. The Labute approximate surface area is 215 Å². The maximum atomic E-state index is 12.3. The number of carbonyl (C=O) groups excluding carboxylic acids is 2. The zero-order valence-corrected chi connectivity index (χ0v) is 21.3. The molecule has 0 saturated carbocycles. The molecule has 1 aromatic carbocycles. The lowest BCUT2D eigenvalue weighted by Gasteiger charge is -2.23. The van der Waals surface area contributed by atoms with Gasteiger partial charge in [-0.25, -0.2) is 19.7 Å². The molecule has 4 rings (SSSR count). The maximum Gasteiger partial charge on any atom is 0.415 e. The van der Waals surface area contributed by atoms with E-state index >= 15 is 0 Å². The van der Waals surface area contributed by atoms with Crippen LogP contribution in [0.4, 0.5) is 33.6 Å². The number of amides is 2. The van der Waals surface area contributed by atoms with Gasteiger partial charge >= 0.3 is 6.09 Å². The average molecular weight is 503 g/mol. The first-order valence-corrected chi connectivity index (χ1v) is 11.9. The molecule has 1 aliphatic heterocycles. The summed E-state index contributed by atoms with van der Waals surface area (Å²) >= 11 is 0. The molecule has 11 heteroatoms. The van der Waals surface area contributed by atoms with Gasteiger partial charge in [0.15, 0.2) is 0 Å². The van der Waals surface area contributed by atoms with Crippen LogP contribution in [0.2, 0.25) is 0 Å². The molecule has 3 heterocycles. The quantitative estimate of drug-likeness (QED) is 0.412. The summed E-state index contributed by atoms with van der Waals surface area (Å²) in [6.45, 7) is 9.78. The maximum absolute atomic E-state index is 12.3. The molecule has 0 aliphatic carbocycles.